The number of carbonyl (C=O) groups is 1. The first-order chi connectivity index (χ1) is 9.93. The fourth-order valence-electron chi connectivity index (χ4n) is 1.98. The number of hydrogen-bond donors (Lipinski definition) is 1. The van der Waals surface area contributed by atoms with Crippen molar-refractivity contribution in [3.05, 3.63) is 58.4 Å². The molecule has 3 nitrogen and oxygen atoms in total. The number of hydrogen-bond acceptors (Lipinski definition) is 2. The van der Waals surface area contributed by atoms with Crippen LogP contribution in [0.5, 0.6) is 0 Å². The molecule has 2 aromatic carbocycles. The van der Waals surface area contributed by atoms with Crippen LogP contribution in [0.1, 0.15) is 15.9 Å². The van der Waals surface area contributed by atoms with E-state index in [9.17, 15) is 9.18 Å². The van der Waals surface area contributed by atoms with E-state index in [0.29, 0.717) is 11.3 Å². The van der Waals surface area contributed by atoms with Gasteiger partial charge in [0.1, 0.15) is 5.82 Å². The maximum absolute atomic E-state index is 13.7. The number of aryl methyl sites for hydroxylation is 1. The van der Waals surface area contributed by atoms with E-state index in [2.05, 4.69) is 5.32 Å². The Hall–Kier alpha value is -2.07. The van der Waals surface area contributed by atoms with Crippen LogP contribution in [0.25, 0.3) is 0 Å². The lowest BCUT2D eigenvalue weighted by molar-refractivity contribution is 0.0992. The molecular formula is C16H16ClFN2O. The van der Waals surface area contributed by atoms with E-state index >= 15 is 0 Å². The van der Waals surface area contributed by atoms with E-state index < -0.39 is 5.82 Å². The zero-order chi connectivity index (χ0) is 15.6. The minimum Gasteiger partial charge on any atom is -0.388 e. The summed E-state index contributed by atoms with van der Waals surface area (Å²) in [5.74, 6) is -0.799. The number of nitrogens with one attached hydrogen (secondary N) is 1. The third kappa shape index (κ3) is 3.16. The zero-order valence-electron chi connectivity index (χ0n) is 12.1. The highest BCUT2D eigenvalue weighted by Gasteiger charge is 2.18. The molecule has 1 amide bonds. The first-order valence-corrected chi connectivity index (χ1v) is 6.83. The molecule has 5 heteroatoms. The summed E-state index contributed by atoms with van der Waals surface area (Å²) in [6, 6.07) is 10.00. The molecule has 0 heterocycles. The molecule has 1 N–H and O–H groups in total. The normalized spacial score (nSPS) is 10.3. The second-order valence-corrected chi connectivity index (χ2v) is 5.15. The first-order valence-electron chi connectivity index (χ1n) is 6.45. The molecule has 0 aliphatic carbocycles. The molecule has 110 valence electrons. The van der Waals surface area contributed by atoms with Crippen molar-refractivity contribution in [3.63, 3.8) is 0 Å². The van der Waals surface area contributed by atoms with Gasteiger partial charge in [-0.3, -0.25) is 4.79 Å². The smallest absolute Gasteiger partial charge is 0.259 e. The Morgan fingerprint density at radius 2 is 2.00 bits per heavy atom. The summed E-state index contributed by atoms with van der Waals surface area (Å²) in [4.78, 5) is 13.9. The van der Waals surface area contributed by atoms with Crippen LogP contribution in [0.4, 0.5) is 15.8 Å². The Bertz CT molecular complexity index is 688. The lowest BCUT2D eigenvalue weighted by Crippen LogP contribution is -2.26. The van der Waals surface area contributed by atoms with Gasteiger partial charge in [0.25, 0.3) is 5.91 Å². The quantitative estimate of drug-likeness (QED) is 0.925. The summed E-state index contributed by atoms with van der Waals surface area (Å²) in [7, 11) is 3.43. The third-order valence-electron chi connectivity index (χ3n) is 3.31. The average Bonchev–Trinajstić information content (AvgIpc) is 2.49. The van der Waals surface area contributed by atoms with E-state index in [0.717, 1.165) is 5.69 Å². The molecule has 0 radical (unpaired) electrons. The molecule has 0 aliphatic rings. The van der Waals surface area contributed by atoms with Gasteiger partial charge in [0, 0.05) is 25.5 Å². The maximum Gasteiger partial charge on any atom is 0.259 e. The second-order valence-electron chi connectivity index (χ2n) is 4.75. The zero-order valence-corrected chi connectivity index (χ0v) is 12.8. The minimum atomic E-state index is -0.444. The standard InChI is InChI=1S/C16H16ClFN2O/c1-10-7-14(17)13(9-15(10)18)16(21)20(3)12-6-4-5-11(8-12)19-2/h4-9,19H,1-3H3. The topological polar surface area (TPSA) is 32.3 Å². The Balaban J connectivity index is 2.37. The van der Waals surface area contributed by atoms with E-state index in [-0.39, 0.29) is 16.5 Å². The molecule has 0 saturated heterocycles. The van der Waals surface area contributed by atoms with Gasteiger partial charge in [-0.15, -0.1) is 0 Å². The Labute approximate surface area is 128 Å². The predicted molar refractivity (Wildman–Crippen MR) is 84.9 cm³/mol. The summed E-state index contributed by atoms with van der Waals surface area (Å²) in [6.07, 6.45) is 0. The van der Waals surface area contributed by atoms with E-state index in [1.165, 1.54) is 17.0 Å². The van der Waals surface area contributed by atoms with Crippen LogP contribution in [0.15, 0.2) is 36.4 Å². The lowest BCUT2D eigenvalue weighted by atomic mass is 10.1. The number of carbonyl (C=O) groups excluding carboxylic acids is 1. The van der Waals surface area contributed by atoms with Gasteiger partial charge < -0.3 is 10.2 Å². The van der Waals surface area contributed by atoms with Gasteiger partial charge in [-0.2, -0.15) is 0 Å². The van der Waals surface area contributed by atoms with Crippen LogP contribution < -0.4 is 10.2 Å². The van der Waals surface area contributed by atoms with Crippen molar-refractivity contribution in [1.82, 2.24) is 0 Å². The van der Waals surface area contributed by atoms with Crippen molar-refractivity contribution in [2.45, 2.75) is 6.92 Å². The van der Waals surface area contributed by atoms with Gasteiger partial charge in [-0.05, 0) is 42.8 Å². The van der Waals surface area contributed by atoms with Crippen molar-refractivity contribution in [1.29, 1.82) is 0 Å². The van der Waals surface area contributed by atoms with Crippen molar-refractivity contribution >= 4 is 28.9 Å². The molecule has 0 fully saturated rings. The Kier molecular flexibility index (Phi) is 4.48. The highest BCUT2D eigenvalue weighted by atomic mass is 35.5. The highest BCUT2D eigenvalue weighted by molar-refractivity contribution is 6.34. The largest absolute Gasteiger partial charge is 0.388 e. The SMILES string of the molecule is CNc1cccc(N(C)C(=O)c2cc(F)c(C)cc2Cl)c1. The van der Waals surface area contributed by atoms with Crippen LogP contribution in [-0.2, 0) is 0 Å². The molecule has 0 unspecified atom stereocenters. The van der Waals surface area contributed by atoms with Gasteiger partial charge in [0.05, 0.1) is 10.6 Å². The number of nitrogens with zero attached hydrogens (tertiary/aromatic N) is 1. The minimum absolute atomic E-state index is 0.150. The fraction of sp³-hybridized carbons (Fsp3) is 0.188. The molecular weight excluding hydrogens is 291 g/mol. The summed E-state index contributed by atoms with van der Waals surface area (Å²) in [5.41, 5.74) is 2.14. The van der Waals surface area contributed by atoms with Crippen LogP contribution in [0.3, 0.4) is 0 Å². The molecule has 0 saturated carbocycles. The van der Waals surface area contributed by atoms with Crippen LogP contribution in [-0.4, -0.2) is 20.0 Å². The molecule has 0 atom stereocenters. The molecule has 2 rings (SSSR count). The second kappa shape index (κ2) is 6.14. The lowest BCUT2D eigenvalue weighted by Gasteiger charge is -2.19. The molecule has 0 spiro atoms. The maximum atomic E-state index is 13.7. The molecule has 0 bridgehead atoms. The Morgan fingerprint density at radius 1 is 1.29 bits per heavy atom. The van der Waals surface area contributed by atoms with Gasteiger partial charge >= 0.3 is 0 Å². The average molecular weight is 307 g/mol. The van der Waals surface area contributed by atoms with Crippen molar-refractivity contribution < 1.29 is 9.18 Å². The van der Waals surface area contributed by atoms with E-state index in [1.807, 2.05) is 18.2 Å². The summed E-state index contributed by atoms with van der Waals surface area (Å²) >= 11 is 6.06. The Morgan fingerprint density at radius 3 is 2.67 bits per heavy atom. The van der Waals surface area contributed by atoms with Crippen LogP contribution in [0, 0.1) is 12.7 Å². The van der Waals surface area contributed by atoms with Gasteiger partial charge in [-0.1, -0.05) is 17.7 Å². The van der Waals surface area contributed by atoms with E-state index in [4.69, 9.17) is 11.6 Å². The number of benzene rings is 2. The third-order valence-corrected chi connectivity index (χ3v) is 3.62. The molecule has 0 aliphatic heterocycles. The number of rotatable bonds is 3. The molecule has 2 aromatic rings. The van der Waals surface area contributed by atoms with Gasteiger partial charge in [-0.25, -0.2) is 4.39 Å². The van der Waals surface area contributed by atoms with E-state index in [1.54, 1.807) is 27.1 Å². The van der Waals surface area contributed by atoms with Gasteiger partial charge in [0.2, 0.25) is 0 Å². The summed E-state index contributed by atoms with van der Waals surface area (Å²) < 4.78 is 13.7. The highest BCUT2D eigenvalue weighted by Crippen LogP contribution is 2.25. The van der Waals surface area contributed by atoms with Gasteiger partial charge in [0.15, 0.2) is 0 Å². The molecule has 21 heavy (non-hydrogen) atoms. The van der Waals surface area contributed by atoms with Crippen molar-refractivity contribution in [3.8, 4) is 0 Å². The predicted octanol–water partition coefficient (Wildman–Crippen LogP) is 4.11. The summed E-state index contributed by atoms with van der Waals surface area (Å²) in [6.45, 7) is 1.61. The number of amides is 1. The first kappa shape index (κ1) is 15.3. The van der Waals surface area contributed by atoms with Crippen LogP contribution >= 0.6 is 11.6 Å². The monoisotopic (exact) mass is 306 g/mol. The van der Waals surface area contributed by atoms with Crippen molar-refractivity contribution in [2.24, 2.45) is 0 Å². The summed E-state index contributed by atoms with van der Waals surface area (Å²) in [5, 5.41) is 3.25. The molecule has 0 aromatic heterocycles. The van der Waals surface area contributed by atoms with Crippen molar-refractivity contribution in [2.75, 3.05) is 24.3 Å². The van der Waals surface area contributed by atoms with Crippen LogP contribution in [0.2, 0.25) is 5.02 Å². The number of anilines is 2. The fourth-order valence-corrected chi connectivity index (χ4v) is 2.28. The number of halogens is 2.